The number of nitrogens with zero attached hydrogens (tertiary/aromatic N) is 3. The van der Waals surface area contributed by atoms with Crippen molar-refractivity contribution in [1.82, 2.24) is 15.3 Å². The Kier molecular flexibility index (Phi) is 5.70. The lowest BCUT2D eigenvalue weighted by Crippen LogP contribution is -2.45. The van der Waals surface area contributed by atoms with Crippen LogP contribution < -0.4 is 15.0 Å². The Morgan fingerprint density at radius 2 is 1.91 bits per heavy atom. The number of hydrogen-bond acceptors (Lipinski definition) is 5. The molecule has 1 aliphatic heterocycles. The van der Waals surface area contributed by atoms with Crippen LogP contribution in [0.1, 0.15) is 52.4 Å². The third kappa shape index (κ3) is 4.80. The third-order valence-electron chi connectivity index (χ3n) is 4.93. The van der Waals surface area contributed by atoms with Gasteiger partial charge in [0, 0.05) is 25.2 Å². The van der Waals surface area contributed by atoms with Crippen molar-refractivity contribution in [1.29, 1.82) is 0 Å². The summed E-state index contributed by atoms with van der Waals surface area (Å²) in [4.78, 5) is 11.3. The standard InChI is InChI=1S/C18H30N4O/c1-14(2)20-16-7-9-22(10-8-16)17-11-19-12-18(21-17)23-13-15-5-3-4-6-15/h11-12,14-16,20H,3-10,13H2,1-2H3. The molecule has 3 rings (SSSR count). The summed E-state index contributed by atoms with van der Waals surface area (Å²) in [6.45, 7) is 7.28. The van der Waals surface area contributed by atoms with Gasteiger partial charge in [0.2, 0.25) is 5.88 Å². The van der Waals surface area contributed by atoms with E-state index < -0.39 is 0 Å². The molecule has 1 aromatic heterocycles. The lowest BCUT2D eigenvalue weighted by atomic mass is 10.0. The highest BCUT2D eigenvalue weighted by Gasteiger charge is 2.21. The zero-order chi connectivity index (χ0) is 16.1. The van der Waals surface area contributed by atoms with Crippen molar-refractivity contribution >= 4 is 5.82 Å². The van der Waals surface area contributed by atoms with Gasteiger partial charge in [-0.05, 0) is 31.6 Å². The van der Waals surface area contributed by atoms with Crippen LogP contribution in [0, 0.1) is 5.92 Å². The number of ether oxygens (including phenoxy) is 1. The van der Waals surface area contributed by atoms with E-state index in [0.717, 1.165) is 38.4 Å². The van der Waals surface area contributed by atoms with E-state index in [9.17, 15) is 0 Å². The van der Waals surface area contributed by atoms with Gasteiger partial charge in [0.1, 0.15) is 0 Å². The Bertz CT molecular complexity index is 480. The van der Waals surface area contributed by atoms with Crippen molar-refractivity contribution in [3.8, 4) is 5.88 Å². The molecule has 5 heteroatoms. The highest BCUT2D eigenvalue weighted by molar-refractivity contribution is 5.38. The van der Waals surface area contributed by atoms with Crippen LogP contribution in [0.25, 0.3) is 0 Å². The summed E-state index contributed by atoms with van der Waals surface area (Å²) in [5, 5.41) is 3.63. The average molecular weight is 318 g/mol. The van der Waals surface area contributed by atoms with Crippen molar-refractivity contribution in [2.45, 2.75) is 64.5 Å². The van der Waals surface area contributed by atoms with Crippen LogP contribution in [0.15, 0.2) is 12.4 Å². The minimum Gasteiger partial charge on any atom is -0.476 e. The molecule has 1 saturated heterocycles. The SMILES string of the molecule is CC(C)NC1CCN(c2cncc(OCC3CCCC3)n2)CC1. The second-order valence-corrected chi connectivity index (χ2v) is 7.26. The van der Waals surface area contributed by atoms with Gasteiger partial charge < -0.3 is 15.0 Å². The zero-order valence-corrected chi connectivity index (χ0v) is 14.5. The molecule has 1 aromatic rings. The van der Waals surface area contributed by atoms with Gasteiger partial charge >= 0.3 is 0 Å². The molecule has 1 saturated carbocycles. The highest BCUT2D eigenvalue weighted by atomic mass is 16.5. The number of hydrogen-bond donors (Lipinski definition) is 1. The van der Waals surface area contributed by atoms with Crippen LogP contribution in [0.5, 0.6) is 5.88 Å². The molecule has 0 atom stereocenters. The maximum Gasteiger partial charge on any atom is 0.234 e. The molecule has 0 amide bonds. The summed E-state index contributed by atoms with van der Waals surface area (Å²) in [7, 11) is 0. The maximum absolute atomic E-state index is 5.88. The molecule has 0 unspecified atom stereocenters. The molecule has 2 aliphatic rings. The van der Waals surface area contributed by atoms with E-state index in [4.69, 9.17) is 4.74 Å². The van der Waals surface area contributed by atoms with Gasteiger partial charge in [-0.15, -0.1) is 0 Å². The van der Waals surface area contributed by atoms with Gasteiger partial charge in [-0.2, -0.15) is 4.98 Å². The van der Waals surface area contributed by atoms with E-state index in [2.05, 4.69) is 34.0 Å². The molecule has 1 aliphatic carbocycles. The zero-order valence-electron chi connectivity index (χ0n) is 14.5. The summed E-state index contributed by atoms with van der Waals surface area (Å²) in [5.74, 6) is 2.34. The molecular formula is C18H30N4O. The Balaban J connectivity index is 1.51. The topological polar surface area (TPSA) is 50.3 Å². The molecule has 23 heavy (non-hydrogen) atoms. The van der Waals surface area contributed by atoms with Crippen molar-refractivity contribution in [3.05, 3.63) is 12.4 Å². The summed E-state index contributed by atoms with van der Waals surface area (Å²) in [6, 6.07) is 1.18. The highest BCUT2D eigenvalue weighted by Crippen LogP contribution is 2.26. The second-order valence-electron chi connectivity index (χ2n) is 7.26. The first kappa shape index (κ1) is 16.5. The maximum atomic E-state index is 5.88. The summed E-state index contributed by atoms with van der Waals surface area (Å²) >= 11 is 0. The van der Waals surface area contributed by atoms with Crippen LogP contribution in [0.3, 0.4) is 0 Å². The first-order valence-electron chi connectivity index (χ1n) is 9.16. The second kappa shape index (κ2) is 7.95. The summed E-state index contributed by atoms with van der Waals surface area (Å²) in [6.07, 6.45) is 11.2. The average Bonchev–Trinajstić information content (AvgIpc) is 3.07. The van der Waals surface area contributed by atoms with Gasteiger partial charge in [0.25, 0.3) is 0 Å². The fourth-order valence-corrected chi connectivity index (χ4v) is 3.69. The van der Waals surface area contributed by atoms with E-state index in [1.807, 2.05) is 6.20 Å². The van der Waals surface area contributed by atoms with E-state index >= 15 is 0 Å². The fourth-order valence-electron chi connectivity index (χ4n) is 3.69. The van der Waals surface area contributed by atoms with Crippen LogP contribution in [0.4, 0.5) is 5.82 Å². The Morgan fingerprint density at radius 1 is 1.17 bits per heavy atom. The molecule has 1 N–H and O–H groups in total. The Labute approximate surface area is 139 Å². The van der Waals surface area contributed by atoms with E-state index in [1.165, 1.54) is 25.7 Å². The van der Waals surface area contributed by atoms with E-state index in [-0.39, 0.29) is 0 Å². The summed E-state index contributed by atoms with van der Waals surface area (Å²) in [5.41, 5.74) is 0. The first-order chi connectivity index (χ1) is 11.2. The molecule has 0 bridgehead atoms. The predicted molar refractivity (Wildman–Crippen MR) is 93.0 cm³/mol. The summed E-state index contributed by atoms with van der Waals surface area (Å²) < 4.78 is 5.88. The lowest BCUT2D eigenvalue weighted by molar-refractivity contribution is 0.242. The van der Waals surface area contributed by atoms with Crippen LogP contribution >= 0.6 is 0 Å². The van der Waals surface area contributed by atoms with Crippen molar-refractivity contribution in [3.63, 3.8) is 0 Å². The van der Waals surface area contributed by atoms with Crippen LogP contribution in [-0.4, -0.2) is 41.7 Å². The normalized spacial score (nSPS) is 20.4. The quantitative estimate of drug-likeness (QED) is 0.874. The fraction of sp³-hybridized carbons (Fsp3) is 0.778. The monoisotopic (exact) mass is 318 g/mol. The van der Waals surface area contributed by atoms with Gasteiger partial charge in [0.15, 0.2) is 5.82 Å². The number of anilines is 1. The molecule has 2 heterocycles. The molecule has 0 radical (unpaired) electrons. The number of aromatic nitrogens is 2. The minimum atomic E-state index is 0.554. The molecule has 128 valence electrons. The first-order valence-corrected chi connectivity index (χ1v) is 9.16. The smallest absolute Gasteiger partial charge is 0.234 e. The van der Waals surface area contributed by atoms with Crippen LogP contribution in [0.2, 0.25) is 0 Å². The van der Waals surface area contributed by atoms with Crippen molar-refractivity contribution < 1.29 is 4.74 Å². The Hall–Kier alpha value is -1.36. The largest absolute Gasteiger partial charge is 0.476 e. The molecule has 5 nitrogen and oxygen atoms in total. The number of nitrogens with one attached hydrogen (secondary N) is 1. The number of rotatable bonds is 6. The molecule has 0 aromatic carbocycles. The van der Waals surface area contributed by atoms with Gasteiger partial charge in [0.05, 0.1) is 19.0 Å². The van der Waals surface area contributed by atoms with Gasteiger partial charge in [-0.1, -0.05) is 26.7 Å². The van der Waals surface area contributed by atoms with Crippen molar-refractivity contribution in [2.24, 2.45) is 5.92 Å². The Morgan fingerprint density at radius 3 is 2.61 bits per heavy atom. The molecule has 0 spiro atoms. The lowest BCUT2D eigenvalue weighted by Gasteiger charge is -2.34. The predicted octanol–water partition coefficient (Wildman–Crippen LogP) is 3.01. The van der Waals surface area contributed by atoms with E-state index in [0.29, 0.717) is 23.9 Å². The van der Waals surface area contributed by atoms with E-state index in [1.54, 1.807) is 6.20 Å². The molecule has 2 fully saturated rings. The number of piperidine rings is 1. The van der Waals surface area contributed by atoms with Gasteiger partial charge in [-0.3, -0.25) is 4.98 Å². The molecular weight excluding hydrogens is 288 g/mol. The van der Waals surface area contributed by atoms with Crippen LogP contribution in [-0.2, 0) is 0 Å². The van der Waals surface area contributed by atoms with Crippen molar-refractivity contribution in [2.75, 3.05) is 24.6 Å². The van der Waals surface area contributed by atoms with Gasteiger partial charge in [-0.25, -0.2) is 0 Å². The minimum absolute atomic E-state index is 0.554. The third-order valence-corrected chi connectivity index (χ3v) is 4.93.